The quantitative estimate of drug-likeness (QED) is 0.274. The Morgan fingerprint density at radius 1 is 1.03 bits per heavy atom. The Balaban J connectivity index is 1.81. The first-order valence-electron chi connectivity index (χ1n) is 12.9. The highest BCUT2D eigenvalue weighted by molar-refractivity contribution is 7.99. The number of nitrogens with one attached hydrogen (secondary N) is 1. The Morgan fingerprint density at radius 3 is 2.28 bits per heavy atom. The lowest BCUT2D eigenvalue weighted by atomic mass is 9.71. The number of carbonyl (C=O) groups excluding carboxylic acids is 2. The predicted octanol–water partition coefficient (Wildman–Crippen LogP) is 6.02. The van der Waals surface area contributed by atoms with Crippen LogP contribution in [-0.4, -0.2) is 51.2 Å². The molecular formula is C30H34ClNO6S. The molecule has 2 aromatic rings. The van der Waals surface area contributed by atoms with Crippen LogP contribution in [0.5, 0.6) is 17.2 Å². The van der Waals surface area contributed by atoms with Gasteiger partial charge < -0.3 is 24.3 Å². The molecule has 0 spiro atoms. The van der Waals surface area contributed by atoms with Gasteiger partial charge in [-0.15, -0.1) is 0 Å². The van der Waals surface area contributed by atoms with Crippen LogP contribution < -0.4 is 19.5 Å². The van der Waals surface area contributed by atoms with Gasteiger partial charge in [0.25, 0.3) is 0 Å². The number of ketones is 1. The molecule has 0 fully saturated rings. The average Bonchev–Trinajstić information content (AvgIpc) is 2.93. The topological polar surface area (TPSA) is 83.1 Å². The summed E-state index contributed by atoms with van der Waals surface area (Å²) in [6.45, 7) is 4.20. The lowest BCUT2D eigenvalue weighted by molar-refractivity contribution is -0.138. The van der Waals surface area contributed by atoms with E-state index in [1.807, 2.05) is 31.2 Å². The van der Waals surface area contributed by atoms with Crippen LogP contribution in [-0.2, 0) is 14.3 Å². The number of methoxy groups -OCH3 is 3. The smallest absolute Gasteiger partial charge is 0.336 e. The molecular weight excluding hydrogens is 538 g/mol. The third-order valence-corrected chi connectivity index (χ3v) is 8.19. The van der Waals surface area contributed by atoms with Gasteiger partial charge in [0, 0.05) is 40.1 Å². The molecule has 1 heterocycles. The highest BCUT2D eigenvalue weighted by Crippen LogP contribution is 2.49. The van der Waals surface area contributed by atoms with Crippen LogP contribution in [0.4, 0.5) is 0 Å². The van der Waals surface area contributed by atoms with Gasteiger partial charge >= 0.3 is 5.97 Å². The lowest BCUT2D eigenvalue weighted by Crippen LogP contribution is -2.36. The zero-order valence-corrected chi connectivity index (χ0v) is 24.5. The van der Waals surface area contributed by atoms with Crippen molar-refractivity contribution in [3.63, 3.8) is 0 Å². The van der Waals surface area contributed by atoms with Gasteiger partial charge in [0.05, 0.1) is 26.9 Å². The van der Waals surface area contributed by atoms with Crippen LogP contribution in [0.2, 0.25) is 5.02 Å². The number of esters is 1. The predicted molar refractivity (Wildman–Crippen MR) is 154 cm³/mol. The van der Waals surface area contributed by atoms with Gasteiger partial charge in [-0.3, -0.25) is 4.79 Å². The molecule has 2 aliphatic rings. The Labute approximate surface area is 238 Å². The number of carbonyl (C=O) groups is 2. The molecule has 2 atom stereocenters. The summed E-state index contributed by atoms with van der Waals surface area (Å²) in [5, 5.41) is 4.04. The van der Waals surface area contributed by atoms with Gasteiger partial charge in [-0.25, -0.2) is 4.79 Å². The normalized spacial score (nSPS) is 18.9. The molecule has 0 amide bonds. The maximum Gasteiger partial charge on any atom is 0.336 e. The van der Waals surface area contributed by atoms with E-state index in [4.69, 9.17) is 30.5 Å². The number of hydrogen-bond acceptors (Lipinski definition) is 8. The molecule has 0 saturated carbocycles. The molecule has 7 nitrogen and oxygen atoms in total. The zero-order valence-electron chi connectivity index (χ0n) is 22.9. The molecule has 0 saturated heterocycles. The molecule has 0 radical (unpaired) electrons. The zero-order chi connectivity index (χ0) is 28.1. The summed E-state index contributed by atoms with van der Waals surface area (Å²) < 4.78 is 22.4. The number of thioether (sulfide) groups is 1. The average molecular weight is 572 g/mol. The Hall–Kier alpha value is -3.10. The van der Waals surface area contributed by atoms with Crippen molar-refractivity contribution >= 4 is 35.1 Å². The SMILES string of the molecule is CCSCCOC(=O)C1=C(C)NC2=C(C(=O)C[C@H](c3ccc(Cl)cc3)C2)[C@@H]1c1cc(OC)c(OC)c(OC)c1. The van der Waals surface area contributed by atoms with E-state index < -0.39 is 11.9 Å². The molecule has 1 aliphatic heterocycles. The minimum Gasteiger partial charge on any atom is -0.493 e. The molecule has 0 unspecified atom stereocenters. The van der Waals surface area contributed by atoms with Gasteiger partial charge in [-0.05, 0) is 60.4 Å². The van der Waals surface area contributed by atoms with E-state index >= 15 is 0 Å². The fraction of sp³-hybridized carbons (Fsp3) is 0.400. The number of hydrogen-bond donors (Lipinski definition) is 1. The van der Waals surface area contributed by atoms with E-state index in [1.54, 1.807) is 38.1 Å². The Kier molecular flexibility index (Phi) is 9.51. The van der Waals surface area contributed by atoms with E-state index in [0.717, 1.165) is 17.0 Å². The number of ether oxygens (including phenoxy) is 4. The molecule has 0 bridgehead atoms. The molecule has 1 aliphatic carbocycles. The van der Waals surface area contributed by atoms with E-state index in [2.05, 4.69) is 12.2 Å². The Morgan fingerprint density at radius 2 is 1.69 bits per heavy atom. The van der Waals surface area contributed by atoms with Crippen molar-refractivity contribution in [2.45, 2.75) is 38.5 Å². The largest absolute Gasteiger partial charge is 0.493 e. The highest BCUT2D eigenvalue weighted by atomic mass is 35.5. The van der Waals surface area contributed by atoms with Gasteiger partial charge in [0.15, 0.2) is 17.3 Å². The number of Topliss-reactive ketones (excluding diaryl/α,β-unsaturated/α-hetero) is 1. The second kappa shape index (κ2) is 12.8. The number of allylic oxidation sites excluding steroid dienone is 3. The summed E-state index contributed by atoms with van der Waals surface area (Å²) >= 11 is 7.80. The minimum atomic E-state index is -0.653. The second-order valence-electron chi connectivity index (χ2n) is 9.36. The fourth-order valence-corrected chi connectivity index (χ4v) is 5.91. The van der Waals surface area contributed by atoms with Crippen molar-refractivity contribution in [1.82, 2.24) is 5.32 Å². The van der Waals surface area contributed by atoms with Gasteiger partial charge in [0.2, 0.25) is 5.75 Å². The lowest BCUT2D eigenvalue weighted by Gasteiger charge is -2.37. The molecule has 9 heteroatoms. The van der Waals surface area contributed by atoms with Crippen molar-refractivity contribution in [3.8, 4) is 17.2 Å². The van der Waals surface area contributed by atoms with Crippen LogP contribution in [0, 0.1) is 0 Å². The van der Waals surface area contributed by atoms with Gasteiger partial charge in [0.1, 0.15) is 6.61 Å². The van der Waals surface area contributed by atoms with Gasteiger partial charge in [-0.1, -0.05) is 30.7 Å². The van der Waals surface area contributed by atoms with Crippen LogP contribution in [0.25, 0.3) is 0 Å². The van der Waals surface area contributed by atoms with E-state index in [0.29, 0.717) is 63.3 Å². The summed E-state index contributed by atoms with van der Waals surface area (Å²) in [5.74, 6) is 1.83. The number of benzene rings is 2. The van der Waals surface area contributed by atoms with E-state index in [9.17, 15) is 9.59 Å². The van der Waals surface area contributed by atoms with Crippen LogP contribution >= 0.6 is 23.4 Å². The molecule has 1 N–H and O–H groups in total. The summed E-state index contributed by atoms with van der Waals surface area (Å²) in [6.07, 6.45) is 0.939. The third-order valence-electron chi connectivity index (χ3n) is 7.07. The fourth-order valence-electron chi connectivity index (χ4n) is 5.30. The molecule has 0 aromatic heterocycles. The number of dihydropyridines is 1. The van der Waals surface area contributed by atoms with Crippen LogP contribution in [0.15, 0.2) is 58.9 Å². The maximum absolute atomic E-state index is 13.9. The second-order valence-corrected chi connectivity index (χ2v) is 11.2. The first-order chi connectivity index (χ1) is 18.8. The van der Waals surface area contributed by atoms with E-state index in [-0.39, 0.29) is 18.3 Å². The molecule has 2 aromatic carbocycles. The third kappa shape index (κ3) is 6.07. The minimum absolute atomic E-state index is 0.00558. The summed E-state index contributed by atoms with van der Waals surface area (Å²) in [6, 6.07) is 11.2. The van der Waals surface area contributed by atoms with Crippen LogP contribution in [0.3, 0.4) is 0 Å². The van der Waals surface area contributed by atoms with Crippen LogP contribution in [0.1, 0.15) is 49.7 Å². The van der Waals surface area contributed by atoms with Crippen molar-refractivity contribution in [1.29, 1.82) is 0 Å². The number of rotatable bonds is 10. The summed E-state index contributed by atoms with van der Waals surface area (Å²) in [5.41, 5.74) is 4.17. The molecule has 4 rings (SSSR count). The monoisotopic (exact) mass is 571 g/mol. The Bertz CT molecular complexity index is 1280. The number of halogens is 1. The molecule has 39 heavy (non-hydrogen) atoms. The van der Waals surface area contributed by atoms with E-state index in [1.165, 1.54) is 7.11 Å². The van der Waals surface area contributed by atoms with Crippen molar-refractivity contribution in [3.05, 3.63) is 75.1 Å². The standard InChI is InChI=1S/C30H34ClNO6S/c1-6-39-12-11-38-30(34)26-17(2)32-22-13-19(18-7-9-21(31)10-8-18)14-23(33)28(22)27(26)20-15-24(35-3)29(37-5)25(16-20)36-4/h7-10,15-16,19,27,32H,6,11-14H2,1-5H3/t19-,27-/m1/s1. The van der Waals surface area contributed by atoms with Crippen molar-refractivity contribution in [2.24, 2.45) is 0 Å². The molecule has 208 valence electrons. The maximum atomic E-state index is 13.9. The van der Waals surface area contributed by atoms with Crippen molar-refractivity contribution < 1.29 is 28.5 Å². The first-order valence-corrected chi connectivity index (χ1v) is 14.4. The first kappa shape index (κ1) is 28.9. The summed E-state index contributed by atoms with van der Waals surface area (Å²) in [7, 11) is 4.62. The highest BCUT2D eigenvalue weighted by Gasteiger charge is 2.42. The van der Waals surface area contributed by atoms with Crippen molar-refractivity contribution in [2.75, 3.05) is 39.4 Å². The van der Waals surface area contributed by atoms with Gasteiger partial charge in [-0.2, -0.15) is 11.8 Å². The summed E-state index contributed by atoms with van der Waals surface area (Å²) in [4.78, 5) is 27.4.